The van der Waals surface area contributed by atoms with Crippen LogP contribution in [0.4, 0.5) is 0 Å². The summed E-state index contributed by atoms with van der Waals surface area (Å²) in [7, 11) is 0. The van der Waals surface area contributed by atoms with Crippen molar-refractivity contribution in [2.45, 2.75) is 18.4 Å². The molecule has 8 heteroatoms. The van der Waals surface area contributed by atoms with E-state index in [-0.39, 0.29) is 11.8 Å². The molecule has 0 atom stereocenters. The van der Waals surface area contributed by atoms with Gasteiger partial charge in [0.1, 0.15) is 5.60 Å². The van der Waals surface area contributed by atoms with E-state index in [0.29, 0.717) is 44.6 Å². The molecule has 1 saturated heterocycles. The summed E-state index contributed by atoms with van der Waals surface area (Å²) >= 11 is 0. The van der Waals surface area contributed by atoms with Gasteiger partial charge in [0.25, 0.3) is 11.8 Å². The van der Waals surface area contributed by atoms with Crippen LogP contribution in [0.1, 0.15) is 23.2 Å². The molecule has 0 spiro atoms. The van der Waals surface area contributed by atoms with Gasteiger partial charge in [-0.2, -0.15) is 5.10 Å². The lowest BCUT2D eigenvalue weighted by Gasteiger charge is -2.35. The number of amides is 2. The quantitative estimate of drug-likeness (QED) is 0.725. The summed E-state index contributed by atoms with van der Waals surface area (Å²) in [5, 5.41) is 14.5. The van der Waals surface area contributed by atoms with Gasteiger partial charge in [0, 0.05) is 49.7 Å². The van der Waals surface area contributed by atoms with Gasteiger partial charge in [-0.15, -0.1) is 0 Å². The topological polar surface area (TPSA) is 91.0 Å². The van der Waals surface area contributed by atoms with E-state index in [1.54, 1.807) is 26.7 Å². The van der Waals surface area contributed by atoms with Gasteiger partial charge in [-0.05, 0) is 37.1 Å². The van der Waals surface area contributed by atoms with Crippen molar-refractivity contribution in [2.24, 2.45) is 0 Å². The summed E-state index contributed by atoms with van der Waals surface area (Å²) in [6, 6.07) is 11.2. The minimum absolute atomic E-state index is 0.0493. The van der Waals surface area contributed by atoms with Crippen molar-refractivity contribution in [2.75, 3.05) is 26.2 Å². The number of carbonyl (C=O) groups is 2. The summed E-state index contributed by atoms with van der Waals surface area (Å²) in [5.41, 5.74) is 1.98. The number of hydrogen-bond donors (Lipinski definition) is 1. The average Bonchev–Trinajstić information content (AvgIpc) is 3.34. The highest BCUT2D eigenvalue weighted by atomic mass is 16.3. The first-order valence-corrected chi connectivity index (χ1v) is 9.75. The van der Waals surface area contributed by atoms with Crippen LogP contribution in [0.25, 0.3) is 16.9 Å². The third kappa shape index (κ3) is 3.25. The highest BCUT2D eigenvalue weighted by Crippen LogP contribution is 2.37. The fourth-order valence-corrected chi connectivity index (χ4v) is 3.67. The third-order valence-corrected chi connectivity index (χ3v) is 5.66. The molecule has 29 heavy (non-hydrogen) atoms. The van der Waals surface area contributed by atoms with Crippen LogP contribution in [0, 0.1) is 0 Å². The summed E-state index contributed by atoms with van der Waals surface area (Å²) in [4.78, 5) is 32.7. The fourth-order valence-electron chi connectivity index (χ4n) is 3.67. The van der Waals surface area contributed by atoms with Gasteiger partial charge in [-0.1, -0.05) is 12.1 Å². The Bertz CT molecular complexity index is 1080. The van der Waals surface area contributed by atoms with Crippen LogP contribution in [0.15, 0.2) is 48.8 Å². The first-order valence-electron chi connectivity index (χ1n) is 9.75. The molecule has 8 nitrogen and oxygen atoms in total. The zero-order valence-electron chi connectivity index (χ0n) is 15.9. The first-order chi connectivity index (χ1) is 14.0. The number of piperazine rings is 1. The molecule has 2 amide bonds. The molecule has 148 valence electrons. The Morgan fingerprint density at radius 3 is 2.31 bits per heavy atom. The first kappa shape index (κ1) is 17.8. The second-order valence-corrected chi connectivity index (χ2v) is 7.64. The molecule has 1 aromatic carbocycles. The van der Waals surface area contributed by atoms with Crippen molar-refractivity contribution >= 4 is 17.5 Å². The predicted molar refractivity (Wildman–Crippen MR) is 105 cm³/mol. The Balaban J connectivity index is 1.25. The van der Waals surface area contributed by atoms with Gasteiger partial charge >= 0.3 is 0 Å². The van der Waals surface area contributed by atoms with Gasteiger partial charge < -0.3 is 14.9 Å². The van der Waals surface area contributed by atoms with E-state index in [2.05, 4.69) is 10.1 Å². The van der Waals surface area contributed by atoms with Crippen molar-refractivity contribution < 1.29 is 14.7 Å². The molecule has 1 saturated carbocycles. The van der Waals surface area contributed by atoms with E-state index in [9.17, 15) is 14.7 Å². The number of carbonyl (C=O) groups excluding carboxylic acids is 2. The lowest BCUT2D eigenvalue weighted by atomic mass is 10.1. The molecule has 3 heterocycles. The number of aliphatic hydroxyl groups is 1. The maximum Gasteiger partial charge on any atom is 0.254 e. The summed E-state index contributed by atoms with van der Waals surface area (Å²) < 4.78 is 1.72. The summed E-state index contributed by atoms with van der Waals surface area (Å²) in [6.45, 7) is 1.86. The number of imidazole rings is 1. The molecule has 5 rings (SSSR count). The van der Waals surface area contributed by atoms with Crippen LogP contribution in [0.3, 0.4) is 0 Å². The second kappa shape index (κ2) is 6.66. The molecule has 0 bridgehead atoms. The number of nitrogens with zero attached hydrogens (tertiary/aromatic N) is 5. The monoisotopic (exact) mass is 391 g/mol. The molecular formula is C21H21N5O3. The molecule has 1 aliphatic carbocycles. The van der Waals surface area contributed by atoms with Crippen LogP contribution in [0.2, 0.25) is 0 Å². The zero-order valence-corrected chi connectivity index (χ0v) is 15.9. The highest BCUT2D eigenvalue weighted by molar-refractivity contribution is 5.95. The minimum Gasteiger partial charge on any atom is -0.380 e. The molecule has 0 radical (unpaired) electrons. The van der Waals surface area contributed by atoms with E-state index in [1.807, 2.05) is 36.4 Å². The predicted octanol–water partition coefficient (Wildman–Crippen LogP) is 1.21. The van der Waals surface area contributed by atoms with Crippen molar-refractivity contribution in [1.82, 2.24) is 24.4 Å². The minimum atomic E-state index is -1.14. The Morgan fingerprint density at radius 2 is 1.62 bits per heavy atom. The van der Waals surface area contributed by atoms with Crippen LogP contribution < -0.4 is 0 Å². The van der Waals surface area contributed by atoms with E-state index in [4.69, 9.17) is 0 Å². The SMILES string of the molecule is O=C(c1ccc(-c2ccc3nccn3n2)cc1)N1CCN(C(=O)C2(O)CC2)CC1. The van der Waals surface area contributed by atoms with E-state index in [1.165, 1.54) is 0 Å². The van der Waals surface area contributed by atoms with Gasteiger partial charge in [0.15, 0.2) is 5.65 Å². The van der Waals surface area contributed by atoms with Crippen molar-refractivity contribution in [3.8, 4) is 11.3 Å². The summed E-state index contributed by atoms with van der Waals surface area (Å²) in [6.07, 6.45) is 4.58. The summed E-state index contributed by atoms with van der Waals surface area (Å²) in [5.74, 6) is -0.247. The van der Waals surface area contributed by atoms with Crippen LogP contribution >= 0.6 is 0 Å². The zero-order chi connectivity index (χ0) is 20.0. The molecule has 2 aliphatic rings. The smallest absolute Gasteiger partial charge is 0.254 e. The van der Waals surface area contributed by atoms with Crippen LogP contribution in [-0.4, -0.2) is 73.1 Å². The average molecular weight is 391 g/mol. The van der Waals surface area contributed by atoms with Crippen LogP contribution in [-0.2, 0) is 4.79 Å². The van der Waals surface area contributed by atoms with Gasteiger partial charge in [-0.3, -0.25) is 9.59 Å². The molecule has 1 N–H and O–H groups in total. The Morgan fingerprint density at radius 1 is 0.931 bits per heavy atom. The van der Waals surface area contributed by atoms with Crippen molar-refractivity contribution in [1.29, 1.82) is 0 Å². The number of rotatable bonds is 3. The number of hydrogen-bond acceptors (Lipinski definition) is 5. The van der Waals surface area contributed by atoms with Crippen molar-refractivity contribution in [3.63, 3.8) is 0 Å². The molecular weight excluding hydrogens is 370 g/mol. The Hall–Kier alpha value is -3.26. The van der Waals surface area contributed by atoms with Gasteiger partial charge in [0.2, 0.25) is 0 Å². The molecule has 2 aromatic heterocycles. The van der Waals surface area contributed by atoms with Crippen LogP contribution in [0.5, 0.6) is 0 Å². The lowest BCUT2D eigenvalue weighted by molar-refractivity contribution is -0.143. The molecule has 0 unspecified atom stereocenters. The molecule has 3 aromatic rings. The molecule has 1 aliphatic heterocycles. The molecule has 2 fully saturated rings. The number of benzene rings is 1. The van der Waals surface area contributed by atoms with E-state index in [0.717, 1.165) is 16.9 Å². The largest absolute Gasteiger partial charge is 0.380 e. The fraction of sp³-hybridized carbons (Fsp3) is 0.333. The van der Waals surface area contributed by atoms with E-state index < -0.39 is 5.60 Å². The second-order valence-electron chi connectivity index (χ2n) is 7.64. The maximum atomic E-state index is 12.8. The Kier molecular flexibility index (Phi) is 4.09. The lowest BCUT2D eigenvalue weighted by Crippen LogP contribution is -2.53. The number of fused-ring (bicyclic) bond motifs is 1. The normalized spacial score (nSPS) is 18.1. The van der Waals surface area contributed by atoms with Crippen molar-refractivity contribution in [3.05, 3.63) is 54.4 Å². The Labute approximate surface area is 167 Å². The maximum absolute atomic E-state index is 12.8. The number of aromatic nitrogens is 3. The standard InChI is InChI=1S/C21H21N5O3/c27-19(24-11-13-25(14-12-24)20(28)21(29)7-8-21)16-3-1-15(2-4-16)17-5-6-18-22-9-10-26(18)23-17/h1-6,9-10,29H,7-8,11-14H2. The van der Waals surface area contributed by atoms with Gasteiger partial charge in [-0.25, -0.2) is 9.50 Å². The van der Waals surface area contributed by atoms with Gasteiger partial charge in [0.05, 0.1) is 5.69 Å². The third-order valence-electron chi connectivity index (χ3n) is 5.66. The highest BCUT2D eigenvalue weighted by Gasteiger charge is 2.50. The van der Waals surface area contributed by atoms with E-state index >= 15 is 0 Å².